The van der Waals surface area contributed by atoms with E-state index in [1.807, 2.05) is 19.1 Å². The number of hydrogen-bond acceptors (Lipinski definition) is 6. The number of nitro benzene ring substituents is 1. The molecule has 0 bridgehead atoms. The minimum absolute atomic E-state index is 0.0000827. The number of likely N-dealkylation sites (N-methyl/N-ethyl adjacent to an activating group) is 1. The molecule has 10 nitrogen and oxygen atoms in total. The molecular formula is C22H31N6O4+. The van der Waals surface area contributed by atoms with Gasteiger partial charge in [0.25, 0.3) is 5.69 Å². The van der Waals surface area contributed by atoms with Gasteiger partial charge in [0.05, 0.1) is 11.0 Å². The lowest BCUT2D eigenvalue weighted by atomic mass is 10.2. The summed E-state index contributed by atoms with van der Waals surface area (Å²) in [6, 6.07) is 9.70. The van der Waals surface area contributed by atoms with Gasteiger partial charge >= 0.3 is 5.91 Å². The zero-order chi connectivity index (χ0) is 24.4. The van der Waals surface area contributed by atoms with Gasteiger partial charge in [0.15, 0.2) is 0 Å². The molecule has 0 aliphatic carbocycles. The monoisotopic (exact) mass is 443 g/mol. The Hall–Kier alpha value is -3.79. The highest BCUT2D eigenvalue weighted by molar-refractivity contribution is 6.30. The van der Waals surface area contributed by atoms with Crippen LogP contribution >= 0.6 is 0 Å². The molecule has 0 radical (unpaired) electrons. The zero-order valence-electron chi connectivity index (χ0n) is 19.2. The highest BCUT2D eigenvalue weighted by Gasteiger charge is 2.14. The van der Waals surface area contributed by atoms with E-state index in [4.69, 9.17) is 5.73 Å². The van der Waals surface area contributed by atoms with Gasteiger partial charge in [-0.3, -0.25) is 19.7 Å². The first kappa shape index (κ1) is 26.2. The summed E-state index contributed by atoms with van der Waals surface area (Å²) in [4.78, 5) is 33.2. The van der Waals surface area contributed by atoms with Crippen molar-refractivity contribution < 1.29 is 19.1 Å². The minimum Gasteiger partial charge on any atom is -0.398 e. The third kappa shape index (κ3) is 8.52. The SMILES string of the molecule is CNC(C)C(=O)Nc1ccc(C)c([N+](=O)[O-])c1.Cc1ccc(NC(=O)C=[N+](C)C)cc1N. The topological polar surface area (TPSA) is 142 Å². The number of nitrogen functional groups attached to an aromatic ring is 1. The van der Waals surface area contributed by atoms with Gasteiger partial charge in [-0.25, -0.2) is 4.58 Å². The zero-order valence-corrected chi connectivity index (χ0v) is 19.2. The van der Waals surface area contributed by atoms with E-state index in [0.717, 1.165) is 5.56 Å². The van der Waals surface area contributed by atoms with Crippen molar-refractivity contribution >= 4 is 40.8 Å². The van der Waals surface area contributed by atoms with Crippen LogP contribution in [0.1, 0.15) is 18.1 Å². The Balaban J connectivity index is 0.000000323. The molecule has 5 N–H and O–H groups in total. The van der Waals surface area contributed by atoms with E-state index in [1.54, 1.807) is 57.8 Å². The Labute approximate surface area is 187 Å². The van der Waals surface area contributed by atoms with Crippen LogP contribution in [0.5, 0.6) is 0 Å². The second-order valence-electron chi connectivity index (χ2n) is 7.41. The first-order valence-electron chi connectivity index (χ1n) is 9.86. The van der Waals surface area contributed by atoms with Crippen molar-refractivity contribution in [3.05, 3.63) is 57.6 Å². The second kappa shape index (κ2) is 12.2. The van der Waals surface area contributed by atoms with Crippen LogP contribution in [0.3, 0.4) is 0 Å². The van der Waals surface area contributed by atoms with Gasteiger partial charge in [0.2, 0.25) is 12.1 Å². The molecule has 10 heteroatoms. The lowest BCUT2D eigenvalue weighted by Crippen LogP contribution is -2.35. The van der Waals surface area contributed by atoms with E-state index in [-0.39, 0.29) is 23.5 Å². The molecule has 0 fully saturated rings. The molecule has 2 amide bonds. The predicted molar refractivity (Wildman–Crippen MR) is 127 cm³/mol. The molecule has 0 aromatic heterocycles. The number of carbonyl (C=O) groups excluding carboxylic acids is 2. The fraction of sp³-hybridized carbons (Fsp3) is 0.318. The van der Waals surface area contributed by atoms with Crippen LogP contribution in [0.2, 0.25) is 0 Å². The summed E-state index contributed by atoms with van der Waals surface area (Å²) in [5, 5.41) is 18.9. The number of aryl methyl sites for hydroxylation is 2. The quantitative estimate of drug-likeness (QED) is 0.177. The molecule has 1 atom stereocenters. The molecule has 0 heterocycles. The number of nitrogens with two attached hydrogens (primary N) is 1. The smallest absolute Gasteiger partial charge is 0.312 e. The van der Waals surface area contributed by atoms with Crippen molar-refractivity contribution in [2.24, 2.45) is 0 Å². The maximum Gasteiger partial charge on any atom is 0.312 e. The number of amides is 2. The normalized spacial score (nSPS) is 10.8. The van der Waals surface area contributed by atoms with Crippen LogP contribution in [0.4, 0.5) is 22.7 Å². The number of rotatable bonds is 6. The van der Waals surface area contributed by atoms with Crippen molar-refractivity contribution in [1.29, 1.82) is 0 Å². The Morgan fingerprint density at radius 1 is 1.03 bits per heavy atom. The Kier molecular flexibility index (Phi) is 9.97. The Bertz CT molecular complexity index is 1020. The third-order valence-electron chi connectivity index (χ3n) is 4.42. The highest BCUT2D eigenvalue weighted by atomic mass is 16.6. The van der Waals surface area contributed by atoms with Gasteiger partial charge in [0.1, 0.15) is 14.1 Å². The number of nitrogens with zero attached hydrogens (tertiary/aromatic N) is 2. The molecule has 1 unspecified atom stereocenters. The molecule has 0 aliphatic heterocycles. The second-order valence-corrected chi connectivity index (χ2v) is 7.41. The molecule has 0 aliphatic rings. The number of carbonyl (C=O) groups is 2. The van der Waals surface area contributed by atoms with Gasteiger partial charge in [-0.2, -0.15) is 0 Å². The average molecular weight is 444 g/mol. The number of benzene rings is 2. The average Bonchev–Trinajstić information content (AvgIpc) is 2.71. The molecule has 0 saturated heterocycles. The van der Waals surface area contributed by atoms with Crippen molar-refractivity contribution in [2.75, 3.05) is 37.5 Å². The molecular weight excluding hydrogens is 412 g/mol. The lowest BCUT2D eigenvalue weighted by molar-refractivity contribution is -0.458. The molecule has 172 valence electrons. The summed E-state index contributed by atoms with van der Waals surface area (Å²) in [7, 11) is 5.26. The van der Waals surface area contributed by atoms with Gasteiger partial charge in [-0.05, 0) is 51.6 Å². The first-order chi connectivity index (χ1) is 14.9. The van der Waals surface area contributed by atoms with Crippen LogP contribution in [0, 0.1) is 24.0 Å². The van der Waals surface area contributed by atoms with E-state index in [2.05, 4.69) is 16.0 Å². The van der Waals surface area contributed by atoms with E-state index in [1.165, 1.54) is 12.3 Å². The lowest BCUT2D eigenvalue weighted by Gasteiger charge is -2.11. The summed E-state index contributed by atoms with van der Waals surface area (Å²) in [6.45, 7) is 5.28. The summed E-state index contributed by atoms with van der Waals surface area (Å²) >= 11 is 0. The highest BCUT2D eigenvalue weighted by Crippen LogP contribution is 2.22. The standard InChI is InChI=1S/C11H15N3O3.C11H15N3O/c1-7-4-5-9(6-10(7)14(16)17)13-11(15)8(2)12-3;1-8-4-5-9(6-10(8)12)13-11(15)7-14(2)3/h4-6,8,12H,1-3H3,(H,13,15);4-7H,12H2,1-3H3/p+1. The van der Waals surface area contributed by atoms with E-state index in [0.29, 0.717) is 22.6 Å². The van der Waals surface area contributed by atoms with Crippen LogP contribution in [0.25, 0.3) is 0 Å². The summed E-state index contributed by atoms with van der Waals surface area (Å²) < 4.78 is 1.69. The maximum atomic E-state index is 11.6. The number of anilines is 3. The Morgan fingerprint density at radius 3 is 2.09 bits per heavy atom. The van der Waals surface area contributed by atoms with Crippen molar-refractivity contribution in [1.82, 2.24) is 5.32 Å². The molecule has 0 spiro atoms. The maximum absolute atomic E-state index is 11.6. The number of nitrogens with one attached hydrogen (secondary N) is 3. The van der Waals surface area contributed by atoms with Crippen LogP contribution in [-0.2, 0) is 9.59 Å². The third-order valence-corrected chi connectivity index (χ3v) is 4.42. The summed E-state index contributed by atoms with van der Waals surface area (Å²) in [5.41, 5.74) is 9.11. The van der Waals surface area contributed by atoms with E-state index >= 15 is 0 Å². The Morgan fingerprint density at radius 2 is 1.59 bits per heavy atom. The van der Waals surface area contributed by atoms with E-state index in [9.17, 15) is 19.7 Å². The minimum atomic E-state index is -0.466. The van der Waals surface area contributed by atoms with Gasteiger partial charge < -0.3 is 21.7 Å². The number of nitro groups is 1. The van der Waals surface area contributed by atoms with Crippen LogP contribution in [-0.4, -0.2) is 54.7 Å². The molecule has 2 aromatic rings. The van der Waals surface area contributed by atoms with Crippen molar-refractivity contribution in [2.45, 2.75) is 26.8 Å². The van der Waals surface area contributed by atoms with Gasteiger partial charge in [-0.15, -0.1) is 0 Å². The van der Waals surface area contributed by atoms with Crippen molar-refractivity contribution in [3.63, 3.8) is 0 Å². The molecule has 2 aromatic carbocycles. The summed E-state index contributed by atoms with van der Waals surface area (Å²) in [5.74, 6) is -0.395. The van der Waals surface area contributed by atoms with Crippen LogP contribution in [0.15, 0.2) is 36.4 Å². The first-order valence-corrected chi connectivity index (χ1v) is 9.86. The largest absolute Gasteiger partial charge is 0.398 e. The van der Waals surface area contributed by atoms with E-state index < -0.39 is 4.92 Å². The molecule has 0 saturated carbocycles. The summed E-state index contributed by atoms with van der Waals surface area (Å²) in [6.07, 6.45) is 1.47. The fourth-order valence-electron chi connectivity index (χ4n) is 2.39. The molecule has 2 rings (SSSR count). The van der Waals surface area contributed by atoms with Gasteiger partial charge in [0, 0.05) is 28.7 Å². The number of hydrogen-bond donors (Lipinski definition) is 4. The van der Waals surface area contributed by atoms with Crippen molar-refractivity contribution in [3.8, 4) is 0 Å². The van der Waals surface area contributed by atoms with Crippen LogP contribution < -0.4 is 21.7 Å². The molecule has 32 heavy (non-hydrogen) atoms. The predicted octanol–water partition coefficient (Wildman–Crippen LogP) is 2.31. The van der Waals surface area contributed by atoms with Gasteiger partial charge in [-0.1, -0.05) is 12.1 Å². The fourth-order valence-corrected chi connectivity index (χ4v) is 2.39.